The van der Waals surface area contributed by atoms with Crippen molar-refractivity contribution in [2.45, 2.75) is 24.3 Å². The van der Waals surface area contributed by atoms with Crippen molar-refractivity contribution in [2.24, 2.45) is 5.92 Å². The Morgan fingerprint density at radius 2 is 2.06 bits per heavy atom. The predicted molar refractivity (Wildman–Crippen MR) is 68.3 cm³/mol. The maximum Gasteiger partial charge on any atom is 0.242 e. The van der Waals surface area contributed by atoms with Crippen molar-refractivity contribution in [2.75, 3.05) is 18.1 Å². The van der Waals surface area contributed by atoms with Gasteiger partial charge in [-0.25, -0.2) is 13.1 Å². The lowest BCUT2D eigenvalue weighted by molar-refractivity contribution is 0.588. The second-order valence-corrected chi connectivity index (χ2v) is 6.28. The molecule has 1 aromatic carbocycles. The second kappa shape index (κ2) is 4.19. The minimum Gasteiger partial charge on any atom is -0.398 e. The average molecular weight is 255 g/mol. The average Bonchev–Trinajstić information content (AvgIpc) is 2.94. The molecule has 0 heterocycles. The molecule has 17 heavy (non-hydrogen) atoms. The van der Waals surface area contributed by atoms with E-state index in [1.807, 2.05) is 0 Å². The molecule has 0 bridgehead atoms. The van der Waals surface area contributed by atoms with Crippen molar-refractivity contribution < 1.29 is 8.42 Å². The zero-order valence-electron chi connectivity index (χ0n) is 9.90. The minimum absolute atomic E-state index is 0.120. The van der Waals surface area contributed by atoms with Crippen LogP contribution in [0, 0.1) is 5.92 Å². The van der Waals surface area contributed by atoms with Crippen LogP contribution >= 0.6 is 0 Å². The van der Waals surface area contributed by atoms with Gasteiger partial charge in [-0.3, -0.25) is 0 Å². The minimum atomic E-state index is -3.47. The standard InChI is InChI=1S/C11H17N3O2S/c1-7-5-10(7)14-8-3-4-11(9(12)6-8)17(15,16)13-2/h3-4,6-7,10,13-14H,5,12H2,1-2H3. The molecule has 0 aliphatic heterocycles. The molecule has 2 rings (SSSR count). The van der Waals surface area contributed by atoms with E-state index in [1.54, 1.807) is 12.1 Å². The summed E-state index contributed by atoms with van der Waals surface area (Å²) >= 11 is 0. The van der Waals surface area contributed by atoms with Gasteiger partial charge >= 0.3 is 0 Å². The number of nitrogen functional groups attached to an aromatic ring is 1. The number of sulfonamides is 1. The van der Waals surface area contributed by atoms with E-state index in [0.717, 1.165) is 12.1 Å². The number of rotatable bonds is 4. The highest BCUT2D eigenvalue weighted by Crippen LogP contribution is 2.33. The van der Waals surface area contributed by atoms with E-state index in [9.17, 15) is 8.42 Å². The topological polar surface area (TPSA) is 84.2 Å². The number of hydrogen-bond donors (Lipinski definition) is 3. The van der Waals surface area contributed by atoms with Crippen LogP contribution in [0.15, 0.2) is 23.1 Å². The lowest BCUT2D eigenvalue weighted by atomic mass is 10.3. The molecule has 1 aliphatic carbocycles. The summed E-state index contributed by atoms with van der Waals surface area (Å²) in [6.07, 6.45) is 1.15. The lowest BCUT2D eigenvalue weighted by Gasteiger charge is -2.10. The summed E-state index contributed by atoms with van der Waals surface area (Å²) in [6.45, 7) is 2.17. The van der Waals surface area contributed by atoms with Crippen molar-refractivity contribution in [3.8, 4) is 0 Å². The van der Waals surface area contributed by atoms with Crippen LogP contribution in [0.2, 0.25) is 0 Å². The fourth-order valence-electron chi connectivity index (χ4n) is 1.73. The second-order valence-electron chi connectivity index (χ2n) is 4.42. The Morgan fingerprint density at radius 1 is 1.41 bits per heavy atom. The van der Waals surface area contributed by atoms with Crippen molar-refractivity contribution in [3.05, 3.63) is 18.2 Å². The first-order chi connectivity index (χ1) is 7.94. The summed E-state index contributed by atoms with van der Waals surface area (Å²) in [5.41, 5.74) is 6.88. The van der Waals surface area contributed by atoms with Gasteiger partial charge in [-0.1, -0.05) is 6.92 Å². The van der Waals surface area contributed by atoms with Gasteiger partial charge in [-0.2, -0.15) is 0 Å². The Hall–Kier alpha value is -1.27. The van der Waals surface area contributed by atoms with Crippen LogP contribution in [0.1, 0.15) is 13.3 Å². The lowest BCUT2D eigenvalue weighted by Crippen LogP contribution is -2.20. The van der Waals surface area contributed by atoms with Gasteiger partial charge in [-0.15, -0.1) is 0 Å². The Morgan fingerprint density at radius 3 is 2.53 bits per heavy atom. The molecule has 6 heteroatoms. The van der Waals surface area contributed by atoms with E-state index in [-0.39, 0.29) is 10.6 Å². The Kier molecular flexibility index (Phi) is 3.01. The number of nitrogens with one attached hydrogen (secondary N) is 2. The Labute approximate surface area is 101 Å². The van der Waals surface area contributed by atoms with E-state index in [0.29, 0.717) is 12.0 Å². The maximum absolute atomic E-state index is 11.6. The molecule has 0 aromatic heterocycles. The van der Waals surface area contributed by atoms with Crippen molar-refractivity contribution in [1.82, 2.24) is 4.72 Å². The quantitative estimate of drug-likeness (QED) is 0.701. The molecule has 4 N–H and O–H groups in total. The normalized spacial score (nSPS) is 23.4. The van der Waals surface area contributed by atoms with Crippen LogP contribution in [0.25, 0.3) is 0 Å². The van der Waals surface area contributed by atoms with E-state index < -0.39 is 10.0 Å². The van der Waals surface area contributed by atoms with E-state index in [1.165, 1.54) is 13.1 Å². The van der Waals surface area contributed by atoms with Gasteiger partial charge in [0, 0.05) is 11.7 Å². The van der Waals surface area contributed by atoms with E-state index >= 15 is 0 Å². The summed E-state index contributed by atoms with van der Waals surface area (Å²) in [7, 11) is -2.10. The van der Waals surface area contributed by atoms with E-state index in [2.05, 4.69) is 17.0 Å². The smallest absolute Gasteiger partial charge is 0.242 e. The molecule has 0 amide bonds. The van der Waals surface area contributed by atoms with Gasteiger partial charge < -0.3 is 11.1 Å². The number of benzene rings is 1. The van der Waals surface area contributed by atoms with Gasteiger partial charge in [0.1, 0.15) is 4.90 Å². The Balaban J connectivity index is 2.23. The highest BCUT2D eigenvalue weighted by molar-refractivity contribution is 7.89. The van der Waals surface area contributed by atoms with Crippen LogP contribution in [0.4, 0.5) is 11.4 Å². The van der Waals surface area contributed by atoms with Crippen molar-refractivity contribution >= 4 is 21.4 Å². The van der Waals surface area contributed by atoms with Gasteiger partial charge in [0.05, 0.1) is 5.69 Å². The summed E-state index contributed by atoms with van der Waals surface area (Å²) in [6, 6.07) is 5.42. The van der Waals surface area contributed by atoms with Crippen molar-refractivity contribution in [1.29, 1.82) is 0 Å². The van der Waals surface area contributed by atoms with Crippen LogP contribution in [-0.4, -0.2) is 21.5 Å². The third-order valence-electron chi connectivity index (χ3n) is 3.03. The first-order valence-electron chi connectivity index (χ1n) is 5.53. The molecule has 1 aromatic rings. The summed E-state index contributed by atoms with van der Waals surface area (Å²) in [5, 5.41) is 3.31. The third-order valence-corrected chi connectivity index (χ3v) is 4.52. The zero-order chi connectivity index (χ0) is 12.6. The van der Waals surface area contributed by atoms with Crippen LogP contribution < -0.4 is 15.8 Å². The zero-order valence-corrected chi connectivity index (χ0v) is 10.7. The summed E-state index contributed by atoms with van der Waals surface area (Å²) < 4.78 is 25.5. The van der Waals surface area contributed by atoms with Crippen molar-refractivity contribution in [3.63, 3.8) is 0 Å². The SMILES string of the molecule is CNS(=O)(=O)c1ccc(NC2CC2C)cc1N. The predicted octanol–water partition coefficient (Wildman–Crippen LogP) is 0.997. The van der Waals surface area contributed by atoms with Gasteiger partial charge in [-0.05, 0) is 37.6 Å². The molecule has 5 nitrogen and oxygen atoms in total. The largest absolute Gasteiger partial charge is 0.398 e. The molecule has 94 valence electrons. The Bertz CT molecular complexity index is 528. The number of nitrogens with two attached hydrogens (primary N) is 1. The highest BCUT2D eigenvalue weighted by Gasteiger charge is 2.32. The van der Waals surface area contributed by atoms with Crippen LogP contribution in [0.3, 0.4) is 0 Å². The molecular formula is C11H17N3O2S. The van der Waals surface area contributed by atoms with Gasteiger partial charge in [0.2, 0.25) is 10.0 Å². The van der Waals surface area contributed by atoms with Crippen LogP contribution in [-0.2, 0) is 10.0 Å². The fraction of sp³-hybridized carbons (Fsp3) is 0.455. The molecule has 0 spiro atoms. The van der Waals surface area contributed by atoms with Gasteiger partial charge in [0.25, 0.3) is 0 Å². The molecule has 1 fully saturated rings. The third kappa shape index (κ3) is 2.53. The van der Waals surface area contributed by atoms with Crippen LogP contribution in [0.5, 0.6) is 0 Å². The summed E-state index contributed by atoms with van der Waals surface area (Å²) in [4.78, 5) is 0.120. The number of hydrogen-bond acceptors (Lipinski definition) is 4. The maximum atomic E-state index is 11.6. The first-order valence-corrected chi connectivity index (χ1v) is 7.02. The van der Waals surface area contributed by atoms with E-state index in [4.69, 9.17) is 5.73 Å². The molecule has 1 aliphatic rings. The van der Waals surface area contributed by atoms with Gasteiger partial charge in [0.15, 0.2) is 0 Å². The molecule has 0 saturated heterocycles. The first kappa shape index (κ1) is 12.2. The monoisotopic (exact) mass is 255 g/mol. The molecule has 0 radical (unpaired) electrons. The fourth-order valence-corrected chi connectivity index (χ4v) is 2.57. The molecule has 2 unspecified atom stereocenters. The number of anilines is 2. The highest BCUT2D eigenvalue weighted by atomic mass is 32.2. The summed E-state index contributed by atoms with van der Waals surface area (Å²) in [5.74, 6) is 0.678. The molecule has 2 atom stereocenters. The molecular weight excluding hydrogens is 238 g/mol. The molecule has 1 saturated carbocycles.